The number of carbonyl (C=O) groups is 1. The molecule has 8 nitrogen and oxygen atoms in total. The molecule has 0 bridgehead atoms. The summed E-state index contributed by atoms with van der Waals surface area (Å²) in [5, 5.41) is 2.65. The molecule has 0 aromatic carbocycles. The Hall–Kier alpha value is -3.88. The fourth-order valence-electron chi connectivity index (χ4n) is 2.14. The highest BCUT2D eigenvalue weighted by molar-refractivity contribution is 6.07. The van der Waals surface area contributed by atoms with Gasteiger partial charge in [-0.1, -0.05) is 6.07 Å². The Morgan fingerprint density at radius 2 is 2.00 bits per heavy atom. The fraction of sp³-hybridized carbons (Fsp3) is 0.0556. The summed E-state index contributed by atoms with van der Waals surface area (Å²) in [5.74, 6) is -0.199. The topological polar surface area (TPSA) is 115 Å². The van der Waals surface area contributed by atoms with Gasteiger partial charge in [0.15, 0.2) is 5.82 Å². The predicted octanol–water partition coefficient (Wildman–Crippen LogP) is 2.98. The number of amides is 1. The molecule has 3 aromatic heterocycles. The molecular weight excluding hydrogens is 351 g/mol. The molecule has 0 radical (unpaired) electrons. The number of rotatable bonds is 5. The van der Waals surface area contributed by atoms with Crippen molar-refractivity contribution in [3.05, 3.63) is 66.0 Å². The molecule has 3 N–H and O–H groups in total. The van der Waals surface area contributed by atoms with E-state index in [0.29, 0.717) is 5.82 Å². The minimum Gasteiger partial charge on any atom is -0.454 e. The van der Waals surface area contributed by atoms with Crippen LogP contribution in [0.25, 0.3) is 0 Å². The molecule has 0 aliphatic rings. The van der Waals surface area contributed by atoms with Gasteiger partial charge in [-0.15, -0.1) is 0 Å². The number of halogens is 1. The first kappa shape index (κ1) is 17.9. The van der Waals surface area contributed by atoms with Crippen molar-refractivity contribution in [2.24, 2.45) is 10.7 Å². The van der Waals surface area contributed by atoms with Crippen molar-refractivity contribution in [1.82, 2.24) is 15.0 Å². The van der Waals surface area contributed by atoms with Crippen LogP contribution in [0.4, 0.5) is 16.0 Å². The summed E-state index contributed by atoms with van der Waals surface area (Å²) in [6.07, 6.45) is 6.39. The number of anilines is 1. The van der Waals surface area contributed by atoms with E-state index in [1.54, 1.807) is 12.3 Å². The second-order valence-electron chi connectivity index (χ2n) is 5.44. The summed E-state index contributed by atoms with van der Waals surface area (Å²) in [6.45, 7) is 1.89. The second kappa shape index (κ2) is 8.00. The summed E-state index contributed by atoms with van der Waals surface area (Å²) in [6, 6.07) is 6.07. The van der Waals surface area contributed by atoms with Crippen LogP contribution in [0, 0.1) is 12.7 Å². The van der Waals surface area contributed by atoms with Gasteiger partial charge in [-0.3, -0.25) is 9.78 Å². The van der Waals surface area contributed by atoms with Crippen LogP contribution in [0.2, 0.25) is 0 Å². The molecule has 3 rings (SSSR count). The maximum atomic E-state index is 13.3. The van der Waals surface area contributed by atoms with Crippen molar-refractivity contribution < 1.29 is 13.9 Å². The third kappa shape index (κ3) is 4.60. The van der Waals surface area contributed by atoms with Crippen LogP contribution in [0.1, 0.15) is 15.9 Å². The van der Waals surface area contributed by atoms with Crippen molar-refractivity contribution in [3.63, 3.8) is 0 Å². The first-order valence-electron chi connectivity index (χ1n) is 7.82. The largest absolute Gasteiger partial charge is 0.454 e. The summed E-state index contributed by atoms with van der Waals surface area (Å²) in [7, 11) is 0. The number of hydrogen-bond donors (Lipinski definition) is 2. The Bertz CT molecular complexity index is 991. The lowest BCUT2D eigenvalue weighted by Crippen LogP contribution is -2.14. The Morgan fingerprint density at radius 1 is 1.19 bits per heavy atom. The molecule has 0 atom stereocenters. The molecule has 0 aliphatic carbocycles. The van der Waals surface area contributed by atoms with Crippen LogP contribution in [0.3, 0.4) is 0 Å². The Labute approximate surface area is 154 Å². The molecule has 0 fully saturated rings. The third-order valence-electron chi connectivity index (χ3n) is 3.35. The number of nitrogens with two attached hydrogens (primary N) is 1. The highest BCUT2D eigenvalue weighted by Gasteiger charge is 2.15. The van der Waals surface area contributed by atoms with E-state index in [2.05, 4.69) is 25.3 Å². The number of nitrogens with zero attached hydrogens (tertiary/aromatic N) is 4. The summed E-state index contributed by atoms with van der Waals surface area (Å²) in [5.41, 5.74) is 6.39. The normalized spacial score (nSPS) is 10.7. The van der Waals surface area contributed by atoms with E-state index in [0.717, 1.165) is 24.2 Å². The second-order valence-corrected chi connectivity index (χ2v) is 5.44. The van der Waals surface area contributed by atoms with Gasteiger partial charge in [0.25, 0.3) is 5.91 Å². The van der Waals surface area contributed by atoms with E-state index in [9.17, 15) is 9.18 Å². The van der Waals surface area contributed by atoms with Gasteiger partial charge in [0.1, 0.15) is 23.1 Å². The van der Waals surface area contributed by atoms with Crippen LogP contribution in [0.15, 0.2) is 54.0 Å². The molecule has 3 aromatic rings. The Balaban J connectivity index is 1.89. The van der Waals surface area contributed by atoms with Crippen LogP contribution in [0.5, 0.6) is 11.5 Å². The number of nitrogens with one attached hydrogen (secondary N) is 1. The fourth-order valence-corrected chi connectivity index (χ4v) is 2.14. The van der Waals surface area contributed by atoms with E-state index in [1.165, 1.54) is 18.5 Å². The van der Waals surface area contributed by atoms with Crippen molar-refractivity contribution in [2.45, 2.75) is 6.92 Å². The zero-order valence-corrected chi connectivity index (χ0v) is 14.3. The smallest absolute Gasteiger partial charge is 0.260 e. The molecular formula is C18H15FN6O2. The average Bonchev–Trinajstić information content (AvgIpc) is 2.65. The van der Waals surface area contributed by atoms with Crippen LogP contribution in [-0.4, -0.2) is 27.2 Å². The van der Waals surface area contributed by atoms with Gasteiger partial charge in [-0.2, -0.15) is 0 Å². The van der Waals surface area contributed by atoms with E-state index in [-0.39, 0.29) is 22.9 Å². The molecule has 1 amide bonds. The zero-order valence-electron chi connectivity index (χ0n) is 14.3. The third-order valence-corrected chi connectivity index (χ3v) is 3.35. The highest BCUT2D eigenvalue weighted by Crippen LogP contribution is 2.26. The average molecular weight is 366 g/mol. The molecule has 0 saturated carbocycles. The molecule has 0 saturated heterocycles. The van der Waals surface area contributed by atoms with Crippen LogP contribution >= 0.6 is 0 Å². The number of carbonyl (C=O) groups excluding carboxylic acids is 1. The first-order chi connectivity index (χ1) is 13.0. The molecule has 136 valence electrons. The first-order valence-corrected chi connectivity index (χ1v) is 7.82. The standard InChI is InChI=1S/C18H15FN6O2/c1-11-2-3-16(22-6-11)25-18(26)15-5-14(9-23-17(15)24-10-20)27-13-4-12(19)7-21-8-13/h2-10H,1H3,(H2,20,23,24)(H,22,25,26). The van der Waals surface area contributed by atoms with Crippen LogP contribution in [-0.2, 0) is 0 Å². The van der Waals surface area contributed by atoms with Gasteiger partial charge >= 0.3 is 0 Å². The summed E-state index contributed by atoms with van der Waals surface area (Å²) >= 11 is 0. The Morgan fingerprint density at radius 3 is 2.70 bits per heavy atom. The molecule has 3 heterocycles. The lowest BCUT2D eigenvalue weighted by atomic mass is 10.2. The quantitative estimate of drug-likeness (QED) is 0.530. The number of aliphatic imine (C=N–C) groups is 1. The minimum atomic E-state index is -0.548. The lowest BCUT2D eigenvalue weighted by molar-refractivity contribution is 0.102. The number of aromatic nitrogens is 3. The Kier molecular flexibility index (Phi) is 5.31. The van der Waals surface area contributed by atoms with E-state index >= 15 is 0 Å². The highest BCUT2D eigenvalue weighted by atomic mass is 19.1. The van der Waals surface area contributed by atoms with E-state index in [1.807, 2.05) is 13.0 Å². The summed E-state index contributed by atoms with van der Waals surface area (Å²) < 4.78 is 18.8. The minimum absolute atomic E-state index is 0.104. The number of aryl methyl sites for hydroxylation is 1. The van der Waals surface area contributed by atoms with Gasteiger partial charge < -0.3 is 15.8 Å². The maximum Gasteiger partial charge on any atom is 0.260 e. The lowest BCUT2D eigenvalue weighted by Gasteiger charge is -2.10. The van der Waals surface area contributed by atoms with Crippen molar-refractivity contribution >= 4 is 23.9 Å². The van der Waals surface area contributed by atoms with Gasteiger partial charge in [-0.25, -0.2) is 19.4 Å². The number of ether oxygens (including phenoxy) is 1. The maximum absolute atomic E-state index is 13.3. The SMILES string of the molecule is Cc1ccc(NC(=O)c2cc(Oc3cncc(F)c3)cnc2/N=C\N)nc1. The van der Waals surface area contributed by atoms with Crippen molar-refractivity contribution in [1.29, 1.82) is 0 Å². The molecule has 0 unspecified atom stereocenters. The number of pyridine rings is 3. The molecule has 9 heteroatoms. The summed E-state index contributed by atoms with van der Waals surface area (Å²) in [4.78, 5) is 28.4. The van der Waals surface area contributed by atoms with E-state index in [4.69, 9.17) is 10.5 Å². The number of hydrogen-bond acceptors (Lipinski definition) is 6. The molecule has 0 aliphatic heterocycles. The molecule has 27 heavy (non-hydrogen) atoms. The molecule has 0 spiro atoms. The monoisotopic (exact) mass is 366 g/mol. The predicted molar refractivity (Wildman–Crippen MR) is 97.8 cm³/mol. The van der Waals surface area contributed by atoms with Gasteiger partial charge in [0.05, 0.1) is 30.5 Å². The van der Waals surface area contributed by atoms with Gasteiger partial charge in [-0.05, 0) is 24.6 Å². The van der Waals surface area contributed by atoms with Crippen LogP contribution < -0.4 is 15.8 Å². The van der Waals surface area contributed by atoms with E-state index < -0.39 is 11.7 Å². The van der Waals surface area contributed by atoms with Crippen molar-refractivity contribution in [2.75, 3.05) is 5.32 Å². The van der Waals surface area contributed by atoms with Crippen molar-refractivity contribution in [3.8, 4) is 11.5 Å². The van der Waals surface area contributed by atoms with Gasteiger partial charge in [0.2, 0.25) is 0 Å². The van der Waals surface area contributed by atoms with Gasteiger partial charge in [0, 0.05) is 12.3 Å². The zero-order chi connectivity index (χ0) is 19.2.